The summed E-state index contributed by atoms with van der Waals surface area (Å²) in [6.07, 6.45) is 3.77. The van der Waals surface area contributed by atoms with Gasteiger partial charge < -0.3 is 5.11 Å². The van der Waals surface area contributed by atoms with Gasteiger partial charge in [-0.15, -0.1) is 0 Å². The van der Waals surface area contributed by atoms with E-state index < -0.39 is 6.10 Å². The number of benzene rings is 1. The molecule has 0 radical (unpaired) electrons. The van der Waals surface area contributed by atoms with Gasteiger partial charge in [-0.25, -0.2) is 0 Å². The highest BCUT2D eigenvalue weighted by Gasteiger charge is 2.17. The number of fused-ring (bicyclic) bond motifs is 1. The number of aliphatic hydroxyl groups excluding tert-OH is 1. The van der Waals surface area contributed by atoms with Gasteiger partial charge in [-0.3, -0.25) is 9.67 Å². The number of nitrogens with zero attached hydrogens (tertiary/aromatic N) is 3. The smallest absolute Gasteiger partial charge is 0.121 e. The van der Waals surface area contributed by atoms with Crippen molar-refractivity contribution in [1.29, 1.82) is 0 Å². The summed E-state index contributed by atoms with van der Waals surface area (Å²) in [5.74, 6) is 0. The van der Waals surface area contributed by atoms with Gasteiger partial charge in [-0.2, -0.15) is 5.10 Å². The van der Waals surface area contributed by atoms with Crippen LogP contribution in [0.1, 0.15) is 30.7 Å². The van der Waals surface area contributed by atoms with Gasteiger partial charge in [0.25, 0.3) is 0 Å². The molecule has 20 heavy (non-hydrogen) atoms. The van der Waals surface area contributed by atoms with Gasteiger partial charge in [0.2, 0.25) is 0 Å². The number of para-hydroxylation sites is 1. The van der Waals surface area contributed by atoms with Gasteiger partial charge in [0, 0.05) is 24.3 Å². The number of pyridine rings is 1. The van der Waals surface area contributed by atoms with E-state index in [0.29, 0.717) is 0 Å². The minimum atomic E-state index is -0.683. The Morgan fingerprint density at radius 1 is 1.15 bits per heavy atom. The maximum Gasteiger partial charge on any atom is 0.121 e. The first-order valence-electron chi connectivity index (χ1n) is 6.84. The van der Waals surface area contributed by atoms with Crippen LogP contribution < -0.4 is 0 Å². The molecule has 0 spiro atoms. The molecule has 0 saturated carbocycles. The molecule has 3 aromatic rings. The monoisotopic (exact) mass is 267 g/mol. The zero-order valence-electron chi connectivity index (χ0n) is 11.4. The van der Waals surface area contributed by atoms with E-state index in [9.17, 15) is 5.11 Å². The van der Waals surface area contributed by atoms with Gasteiger partial charge in [0.15, 0.2) is 0 Å². The summed E-state index contributed by atoms with van der Waals surface area (Å²) in [4.78, 5) is 4.33. The molecule has 1 atom stereocenters. The Balaban J connectivity index is 2.08. The van der Waals surface area contributed by atoms with Crippen LogP contribution in [-0.2, 0) is 6.54 Å². The summed E-state index contributed by atoms with van der Waals surface area (Å²) in [7, 11) is 0. The van der Waals surface area contributed by atoms with E-state index in [1.807, 2.05) is 41.1 Å². The van der Waals surface area contributed by atoms with Gasteiger partial charge in [-0.1, -0.05) is 25.1 Å². The molecule has 2 aromatic heterocycles. The van der Waals surface area contributed by atoms with Crippen LogP contribution in [0, 0.1) is 0 Å². The van der Waals surface area contributed by atoms with E-state index in [0.717, 1.165) is 35.1 Å². The van der Waals surface area contributed by atoms with E-state index in [2.05, 4.69) is 17.0 Å². The number of aromatic nitrogens is 3. The molecule has 1 N–H and O–H groups in total. The summed E-state index contributed by atoms with van der Waals surface area (Å²) in [6, 6.07) is 11.6. The summed E-state index contributed by atoms with van der Waals surface area (Å²) in [5.41, 5.74) is 2.59. The second kappa shape index (κ2) is 5.43. The summed E-state index contributed by atoms with van der Waals surface area (Å²) in [6.45, 7) is 2.90. The Kier molecular flexibility index (Phi) is 3.48. The third-order valence-corrected chi connectivity index (χ3v) is 3.44. The summed E-state index contributed by atoms with van der Waals surface area (Å²) >= 11 is 0. The van der Waals surface area contributed by atoms with Crippen molar-refractivity contribution in [1.82, 2.24) is 14.8 Å². The third-order valence-electron chi connectivity index (χ3n) is 3.44. The summed E-state index contributed by atoms with van der Waals surface area (Å²) < 4.78 is 1.86. The molecule has 102 valence electrons. The minimum absolute atomic E-state index is 0.683. The highest BCUT2D eigenvalue weighted by atomic mass is 16.3. The zero-order chi connectivity index (χ0) is 13.9. The molecule has 0 aliphatic heterocycles. The average Bonchev–Trinajstić information content (AvgIpc) is 2.94. The first kappa shape index (κ1) is 12.8. The fraction of sp³-hybridized carbons (Fsp3) is 0.250. The average molecular weight is 267 g/mol. The number of hydrogen-bond acceptors (Lipinski definition) is 3. The predicted molar refractivity (Wildman–Crippen MR) is 78.3 cm³/mol. The van der Waals surface area contributed by atoms with Crippen molar-refractivity contribution >= 4 is 10.9 Å². The van der Waals surface area contributed by atoms with Crippen LogP contribution in [0.5, 0.6) is 0 Å². The van der Waals surface area contributed by atoms with Crippen LogP contribution in [-0.4, -0.2) is 19.9 Å². The molecule has 0 saturated heterocycles. The standard InChI is InChI=1S/C16H17N3O/c1-2-11-19-15(8-10-18-19)16(20)13-7-9-17-14-6-4-3-5-12(13)14/h3-10,16,20H,2,11H2,1H3. The van der Waals surface area contributed by atoms with Crippen molar-refractivity contribution in [3.05, 3.63) is 60.0 Å². The van der Waals surface area contributed by atoms with Crippen molar-refractivity contribution in [2.75, 3.05) is 0 Å². The molecule has 0 bridgehead atoms. The van der Waals surface area contributed by atoms with Crippen molar-refractivity contribution in [2.45, 2.75) is 26.0 Å². The second-order valence-electron chi connectivity index (χ2n) is 4.80. The van der Waals surface area contributed by atoms with Crippen molar-refractivity contribution in [2.24, 2.45) is 0 Å². The SMILES string of the molecule is CCCn1nccc1C(O)c1ccnc2ccccc12. The maximum atomic E-state index is 10.7. The Hall–Kier alpha value is -2.20. The van der Waals surface area contributed by atoms with E-state index >= 15 is 0 Å². The first-order chi connectivity index (χ1) is 9.81. The topological polar surface area (TPSA) is 50.9 Å². The predicted octanol–water partition coefficient (Wildman–Crippen LogP) is 2.92. The lowest BCUT2D eigenvalue weighted by Crippen LogP contribution is -2.10. The number of aliphatic hydroxyl groups is 1. The minimum Gasteiger partial charge on any atom is -0.382 e. The quantitative estimate of drug-likeness (QED) is 0.790. The number of aryl methyl sites for hydroxylation is 1. The largest absolute Gasteiger partial charge is 0.382 e. The molecule has 0 amide bonds. The van der Waals surface area contributed by atoms with E-state index in [1.54, 1.807) is 12.4 Å². The molecule has 3 rings (SSSR count). The zero-order valence-corrected chi connectivity index (χ0v) is 11.4. The second-order valence-corrected chi connectivity index (χ2v) is 4.80. The molecule has 2 heterocycles. The molecule has 1 aromatic carbocycles. The van der Waals surface area contributed by atoms with Crippen molar-refractivity contribution in [3.63, 3.8) is 0 Å². The van der Waals surface area contributed by atoms with Crippen LogP contribution in [0.2, 0.25) is 0 Å². The molecule has 4 heteroatoms. The normalized spacial score (nSPS) is 12.7. The molecule has 0 aliphatic rings. The van der Waals surface area contributed by atoms with Crippen molar-refractivity contribution < 1.29 is 5.11 Å². The molecular weight excluding hydrogens is 250 g/mol. The Bertz CT molecular complexity index is 715. The Labute approximate surface area is 117 Å². The first-order valence-corrected chi connectivity index (χ1v) is 6.84. The summed E-state index contributed by atoms with van der Waals surface area (Å²) in [5, 5.41) is 15.9. The van der Waals surface area contributed by atoms with Gasteiger partial charge in [0.1, 0.15) is 6.10 Å². The molecule has 4 nitrogen and oxygen atoms in total. The fourth-order valence-corrected chi connectivity index (χ4v) is 2.49. The van der Waals surface area contributed by atoms with Crippen LogP contribution in [0.25, 0.3) is 10.9 Å². The third kappa shape index (κ3) is 2.18. The Morgan fingerprint density at radius 2 is 2.00 bits per heavy atom. The molecular formula is C16H17N3O. The lowest BCUT2D eigenvalue weighted by atomic mass is 10.0. The highest BCUT2D eigenvalue weighted by Crippen LogP contribution is 2.27. The van der Waals surface area contributed by atoms with Crippen molar-refractivity contribution in [3.8, 4) is 0 Å². The van der Waals surface area contributed by atoms with E-state index in [4.69, 9.17) is 0 Å². The highest BCUT2D eigenvalue weighted by molar-refractivity contribution is 5.82. The molecule has 0 fully saturated rings. The number of rotatable bonds is 4. The van der Waals surface area contributed by atoms with Gasteiger partial charge in [0.05, 0.1) is 11.2 Å². The van der Waals surface area contributed by atoms with Gasteiger partial charge >= 0.3 is 0 Å². The van der Waals surface area contributed by atoms with E-state index in [1.165, 1.54) is 0 Å². The van der Waals surface area contributed by atoms with Gasteiger partial charge in [-0.05, 0) is 30.2 Å². The van der Waals surface area contributed by atoms with E-state index in [-0.39, 0.29) is 0 Å². The van der Waals surface area contributed by atoms with Crippen LogP contribution in [0.15, 0.2) is 48.8 Å². The lowest BCUT2D eigenvalue weighted by Gasteiger charge is -2.15. The Morgan fingerprint density at radius 3 is 2.85 bits per heavy atom. The van der Waals surface area contributed by atoms with Crippen LogP contribution in [0.4, 0.5) is 0 Å². The molecule has 0 aliphatic carbocycles. The number of hydrogen-bond donors (Lipinski definition) is 1. The maximum absolute atomic E-state index is 10.7. The van der Waals surface area contributed by atoms with Crippen LogP contribution >= 0.6 is 0 Å². The van der Waals surface area contributed by atoms with Crippen LogP contribution in [0.3, 0.4) is 0 Å². The lowest BCUT2D eigenvalue weighted by molar-refractivity contribution is 0.209. The molecule has 1 unspecified atom stereocenters. The fourth-order valence-electron chi connectivity index (χ4n) is 2.49.